The van der Waals surface area contributed by atoms with Gasteiger partial charge in [0.15, 0.2) is 0 Å². The Kier molecular flexibility index (Phi) is 4.49. The quantitative estimate of drug-likeness (QED) is 0.811. The van der Waals surface area contributed by atoms with Crippen molar-refractivity contribution in [2.45, 2.75) is 33.1 Å². The Balaban J connectivity index is 2.21. The van der Waals surface area contributed by atoms with E-state index >= 15 is 0 Å². The zero-order chi connectivity index (χ0) is 14.9. The summed E-state index contributed by atoms with van der Waals surface area (Å²) in [5, 5.41) is 3.01. The molecule has 5 heteroatoms. The summed E-state index contributed by atoms with van der Waals surface area (Å²) in [5.41, 5.74) is 7.09. The van der Waals surface area contributed by atoms with E-state index in [9.17, 15) is 4.79 Å². The van der Waals surface area contributed by atoms with Crippen molar-refractivity contribution >= 4 is 44.7 Å². The summed E-state index contributed by atoms with van der Waals surface area (Å²) in [7, 11) is 0. The maximum absolute atomic E-state index is 12.6. The first-order chi connectivity index (χ1) is 9.39. The highest BCUT2D eigenvalue weighted by atomic mass is 79.9. The van der Waals surface area contributed by atoms with Gasteiger partial charge in [0.05, 0.1) is 10.4 Å². The van der Waals surface area contributed by atoms with E-state index in [0.29, 0.717) is 10.9 Å². The van der Waals surface area contributed by atoms with Crippen molar-refractivity contribution in [3.63, 3.8) is 0 Å². The summed E-state index contributed by atoms with van der Waals surface area (Å²) >= 11 is 8.56. The molecular weight excluding hydrogens is 336 g/mol. The monoisotopic (exact) mass is 354 g/mol. The van der Waals surface area contributed by atoms with E-state index in [4.69, 9.17) is 18.0 Å². The fourth-order valence-electron chi connectivity index (χ4n) is 2.85. The van der Waals surface area contributed by atoms with Crippen LogP contribution in [0.4, 0.5) is 5.69 Å². The van der Waals surface area contributed by atoms with E-state index in [1.165, 1.54) is 0 Å². The summed E-state index contributed by atoms with van der Waals surface area (Å²) in [6, 6.07) is 5.86. The lowest BCUT2D eigenvalue weighted by atomic mass is 9.62. The molecule has 1 aliphatic rings. The maximum Gasteiger partial charge on any atom is 0.237 e. The number of rotatable bonds is 4. The second-order valence-electron chi connectivity index (χ2n) is 5.57. The minimum absolute atomic E-state index is 0.0693. The molecule has 1 aromatic carbocycles. The van der Waals surface area contributed by atoms with Gasteiger partial charge in [-0.05, 0) is 48.9 Å². The molecule has 0 spiro atoms. The number of anilines is 1. The van der Waals surface area contributed by atoms with Gasteiger partial charge < -0.3 is 11.1 Å². The fourth-order valence-corrected chi connectivity index (χ4v) is 3.51. The largest absolute Gasteiger partial charge is 0.392 e. The summed E-state index contributed by atoms with van der Waals surface area (Å²) in [5.74, 6) is 0.429. The van der Waals surface area contributed by atoms with E-state index in [-0.39, 0.29) is 5.91 Å². The molecule has 1 amide bonds. The van der Waals surface area contributed by atoms with E-state index in [1.54, 1.807) is 0 Å². The molecule has 1 aliphatic carbocycles. The molecule has 1 aromatic rings. The number of carbonyl (C=O) groups excluding carboxylic acids is 1. The lowest BCUT2D eigenvalue weighted by molar-refractivity contribution is -0.127. The summed E-state index contributed by atoms with van der Waals surface area (Å²) in [4.78, 5) is 12.9. The van der Waals surface area contributed by atoms with Crippen molar-refractivity contribution in [3.05, 3.63) is 28.2 Å². The van der Waals surface area contributed by atoms with Gasteiger partial charge in [0.25, 0.3) is 0 Å². The van der Waals surface area contributed by atoms with Crippen molar-refractivity contribution in [3.8, 4) is 0 Å². The van der Waals surface area contributed by atoms with E-state index < -0.39 is 5.41 Å². The molecule has 0 bridgehead atoms. The average Bonchev–Trinajstić information content (AvgIpc) is 2.36. The number of aryl methyl sites for hydroxylation is 1. The predicted octanol–water partition coefficient (Wildman–Crippen LogP) is 3.65. The van der Waals surface area contributed by atoms with Crippen molar-refractivity contribution < 1.29 is 4.79 Å². The number of carbonyl (C=O) groups is 1. The number of benzene rings is 1. The molecule has 0 saturated heterocycles. The van der Waals surface area contributed by atoms with Crippen LogP contribution in [0.25, 0.3) is 0 Å². The average molecular weight is 355 g/mol. The highest BCUT2D eigenvalue weighted by Gasteiger charge is 2.50. The first kappa shape index (κ1) is 15.4. The van der Waals surface area contributed by atoms with Gasteiger partial charge in [-0.2, -0.15) is 0 Å². The van der Waals surface area contributed by atoms with Crippen molar-refractivity contribution in [1.29, 1.82) is 0 Å². The molecule has 0 aliphatic heterocycles. The topological polar surface area (TPSA) is 55.1 Å². The van der Waals surface area contributed by atoms with Gasteiger partial charge in [0.2, 0.25) is 5.91 Å². The van der Waals surface area contributed by atoms with Crippen LogP contribution < -0.4 is 11.1 Å². The molecule has 3 nitrogen and oxygen atoms in total. The normalized spacial score (nSPS) is 24.9. The van der Waals surface area contributed by atoms with Crippen LogP contribution in [0.2, 0.25) is 0 Å². The molecule has 0 atom stereocenters. The molecule has 0 radical (unpaired) electrons. The van der Waals surface area contributed by atoms with Crippen LogP contribution in [-0.4, -0.2) is 10.9 Å². The highest BCUT2D eigenvalue weighted by molar-refractivity contribution is 9.10. The number of nitrogens with two attached hydrogens (primary N) is 1. The number of hydrogen-bond acceptors (Lipinski definition) is 2. The number of nitrogens with one attached hydrogen (secondary N) is 1. The Hall–Kier alpha value is -0.940. The molecule has 1 saturated carbocycles. The number of thiocarbonyl (C=S) groups is 1. The van der Waals surface area contributed by atoms with Crippen LogP contribution in [-0.2, 0) is 11.2 Å². The lowest BCUT2D eigenvalue weighted by Crippen LogP contribution is -2.53. The Morgan fingerprint density at radius 1 is 1.55 bits per heavy atom. The van der Waals surface area contributed by atoms with Gasteiger partial charge in [0.1, 0.15) is 0 Å². The van der Waals surface area contributed by atoms with Crippen molar-refractivity contribution in [1.82, 2.24) is 0 Å². The highest BCUT2D eigenvalue weighted by Crippen LogP contribution is 2.46. The summed E-state index contributed by atoms with van der Waals surface area (Å²) < 4.78 is 1.01. The molecule has 108 valence electrons. The number of halogens is 1. The molecule has 2 rings (SSSR count). The van der Waals surface area contributed by atoms with Crippen LogP contribution >= 0.6 is 28.1 Å². The maximum atomic E-state index is 12.6. The molecular formula is C15H19BrN2OS. The SMILES string of the molecule is CCc1cc(Br)ccc1NC(=O)C1(C(N)=S)CC(C)C1. The minimum atomic E-state index is -0.660. The van der Waals surface area contributed by atoms with E-state index in [2.05, 4.69) is 35.1 Å². The van der Waals surface area contributed by atoms with Crippen LogP contribution in [0.3, 0.4) is 0 Å². The molecule has 0 heterocycles. The van der Waals surface area contributed by atoms with Gasteiger partial charge in [-0.3, -0.25) is 4.79 Å². The molecule has 0 aromatic heterocycles. The number of amides is 1. The first-order valence-electron chi connectivity index (χ1n) is 6.79. The summed E-state index contributed by atoms with van der Waals surface area (Å²) in [6.07, 6.45) is 2.34. The van der Waals surface area contributed by atoms with Gasteiger partial charge in [0, 0.05) is 10.2 Å². The zero-order valence-electron chi connectivity index (χ0n) is 11.7. The van der Waals surface area contributed by atoms with Crippen molar-refractivity contribution in [2.75, 3.05) is 5.32 Å². The minimum Gasteiger partial charge on any atom is -0.392 e. The first-order valence-corrected chi connectivity index (χ1v) is 7.99. The zero-order valence-corrected chi connectivity index (χ0v) is 14.1. The van der Waals surface area contributed by atoms with Gasteiger partial charge in [-0.1, -0.05) is 42.0 Å². The third-order valence-electron chi connectivity index (χ3n) is 4.00. The molecule has 1 fully saturated rings. The molecule has 0 unspecified atom stereocenters. The van der Waals surface area contributed by atoms with Crippen LogP contribution in [0, 0.1) is 11.3 Å². The van der Waals surface area contributed by atoms with E-state index in [0.717, 1.165) is 35.0 Å². The lowest BCUT2D eigenvalue weighted by Gasteiger charge is -2.44. The second-order valence-corrected chi connectivity index (χ2v) is 6.92. The third-order valence-corrected chi connectivity index (χ3v) is 4.88. The van der Waals surface area contributed by atoms with Crippen molar-refractivity contribution in [2.24, 2.45) is 17.1 Å². The summed E-state index contributed by atoms with van der Waals surface area (Å²) in [6.45, 7) is 4.17. The Morgan fingerprint density at radius 3 is 2.70 bits per heavy atom. The smallest absolute Gasteiger partial charge is 0.237 e. The predicted molar refractivity (Wildman–Crippen MR) is 89.8 cm³/mol. The standard InChI is InChI=1S/C15H19BrN2OS/c1-3-10-6-11(16)4-5-12(10)18-14(19)15(13(17)20)7-9(2)8-15/h4-6,9H,3,7-8H2,1-2H3,(H2,17,20)(H,18,19). The molecule has 20 heavy (non-hydrogen) atoms. The van der Waals surface area contributed by atoms with Gasteiger partial charge in [-0.15, -0.1) is 0 Å². The van der Waals surface area contributed by atoms with Crippen LogP contribution in [0.1, 0.15) is 32.3 Å². The number of hydrogen-bond donors (Lipinski definition) is 2. The van der Waals surface area contributed by atoms with Gasteiger partial charge >= 0.3 is 0 Å². The Bertz CT molecular complexity index is 553. The van der Waals surface area contributed by atoms with Crippen LogP contribution in [0.15, 0.2) is 22.7 Å². The van der Waals surface area contributed by atoms with Gasteiger partial charge in [-0.25, -0.2) is 0 Å². The van der Waals surface area contributed by atoms with Crippen LogP contribution in [0.5, 0.6) is 0 Å². The van der Waals surface area contributed by atoms with E-state index in [1.807, 2.05) is 18.2 Å². The Morgan fingerprint density at radius 2 is 2.20 bits per heavy atom. The Labute approximate surface area is 133 Å². The second kappa shape index (κ2) is 5.82. The third kappa shape index (κ3) is 2.74. The molecule has 3 N–H and O–H groups in total. The fraction of sp³-hybridized carbons (Fsp3) is 0.467.